The third kappa shape index (κ3) is 4.25. The number of carbonyl (C=O) groups excluding carboxylic acids is 1. The number of carbonyl (C=O) groups is 1. The molecule has 0 radical (unpaired) electrons. The molecule has 0 aromatic heterocycles. The Hall–Kier alpha value is -0.610. The molecule has 2 rings (SSSR count). The van der Waals surface area contributed by atoms with Crippen LogP contribution < -0.4 is 10.9 Å². The Bertz CT molecular complexity index is 254. The molecule has 18 heavy (non-hydrogen) atoms. The number of piperidine rings is 1. The maximum absolute atomic E-state index is 11.2. The molecule has 0 atom stereocenters. The Morgan fingerprint density at radius 3 is 1.89 bits per heavy atom. The van der Waals surface area contributed by atoms with Crippen molar-refractivity contribution >= 4 is 5.91 Å². The van der Waals surface area contributed by atoms with E-state index in [1.54, 1.807) is 6.92 Å². The number of nitrogens with zero attached hydrogens (tertiary/aromatic N) is 1. The monoisotopic (exact) mass is 253 g/mol. The van der Waals surface area contributed by atoms with Gasteiger partial charge in [0.25, 0.3) is 0 Å². The van der Waals surface area contributed by atoms with Crippen LogP contribution in [0, 0.1) is 0 Å². The van der Waals surface area contributed by atoms with E-state index in [0.29, 0.717) is 12.1 Å². The zero-order valence-electron chi connectivity index (χ0n) is 11.6. The molecule has 0 bridgehead atoms. The van der Waals surface area contributed by atoms with Crippen LogP contribution in [-0.4, -0.2) is 36.0 Å². The van der Waals surface area contributed by atoms with Crippen LogP contribution >= 0.6 is 0 Å². The molecule has 104 valence electrons. The molecule has 1 saturated heterocycles. The fourth-order valence-electron chi connectivity index (χ4n) is 3.00. The minimum atomic E-state index is 0.213. The van der Waals surface area contributed by atoms with Gasteiger partial charge >= 0.3 is 0 Å². The van der Waals surface area contributed by atoms with Crippen molar-refractivity contribution in [3.63, 3.8) is 0 Å². The SMILES string of the molecule is CC(=O)N1CCC(NNC2CCCCCC2)CC1. The van der Waals surface area contributed by atoms with Gasteiger partial charge in [0, 0.05) is 32.1 Å². The zero-order valence-corrected chi connectivity index (χ0v) is 11.6. The first-order valence-corrected chi connectivity index (χ1v) is 7.52. The summed E-state index contributed by atoms with van der Waals surface area (Å²) in [4.78, 5) is 13.2. The second-order valence-corrected chi connectivity index (χ2v) is 5.76. The van der Waals surface area contributed by atoms with Crippen molar-refractivity contribution in [2.24, 2.45) is 0 Å². The largest absolute Gasteiger partial charge is 0.343 e. The topological polar surface area (TPSA) is 44.4 Å². The fraction of sp³-hybridized carbons (Fsp3) is 0.929. The number of likely N-dealkylation sites (tertiary alicyclic amines) is 1. The van der Waals surface area contributed by atoms with Gasteiger partial charge in [-0.2, -0.15) is 0 Å². The van der Waals surface area contributed by atoms with Crippen LogP contribution in [0.1, 0.15) is 58.3 Å². The van der Waals surface area contributed by atoms with Crippen LogP contribution in [0.4, 0.5) is 0 Å². The average Bonchev–Trinajstić information content (AvgIpc) is 2.65. The third-order valence-corrected chi connectivity index (χ3v) is 4.29. The van der Waals surface area contributed by atoms with Gasteiger partial charge in [0.15, 0.2) is 0 Å². The summed E-state index contributed by atoms with van der Waals surface area (Å²) in [6, 6.07) is 1.18. The van der Waals surface area contributed by atoms with Gasteiger partial charge < -0.3 is 4.90 Å². The van der Waals surface area contributed by atoms with Crippen molar-refractivity contribution in [1.29, 1.82) is 0 Å². The maximum atomic E-state index is 11.2. The lowest BCUT2D eigenvalue weighted by Gasteiger charge is -2.33. The first-order chi connectivity index (χ1) is 8.75. The molecule has 1 aliphatic heterocycles. The molecule has 1 amide bonds. The van der Waals surface area contributed by atoms with Crippen LogP contribution in [0.15, 0.2) is 0 Å². The molecule has 2 fully saturated rings. The Morgan fingerprint density at radius 2 is 1.39 bits per heavy atom. The predicted molar refractivity (Wildman–Crippen MR) is 73.0 cm³/mol. The lowest BCUT2D eigenvalue weighted by atomic mass is 10.1. The van der Waals surface area contributed by atoms with E-state index in [0.717, 1.165) is 25.9 Å². The highest BCUT2D eigenvalue weighted by Gasteiger charge is 2.21. The Morgan fingerprint density at radius 1 is 0.889 bits per heavy atom. The summed E-state index contributed by atoms with van der Waals surface area (Å²) < 4.78 is 0. The normalized spacial score (nSPS) is 23.9. The first-order valence-electron chi connectivity index (χ1n) is 7.52. The summed E-state index contributed by atoms with van der Waals surface area (Å²) in [5, 5.41) is 0. The van der Waals surface area contributed by atoms with E-state index in [2.05, 4.69) is 10.9 Å². The summed E-state index contributed by atoms with van der Waals surface area (Å²) in [6.45, 7) is 3.47. The number of rotatable bonds is 3. The molecule has 1 saturated carbocycles. The van der Waals surface area contributed by atoms with Gasteiger partial charge in [0.05, 0.1) is 0 Å². The van der Waals surface area contributed by atoms with Gasteiger partial charge in [-0.25, -0.2) is 0 Å². The number of nitrogens with one attached hydrogen (secondary N) is 2. The van der Waals surface area contributed by atoms with Gasteiger partial charge in [0.2, 0.25) is 5.91 Å². The molecule has 4 nitrogen and oxygen atoms in total. The fourth-order valence-corrected chi connectivity index (χ4v) is 3.00. The Balaban J connectivity index is 1.64. The van der Waals surface area contributed by atoms with E-state index in [9.17, 15) is 4.79 Å². The molecule has 1 heterocycles. The third-order valence-electron chi connectivity index (χ3n) is 4.29. The van der Waals surface area contributed by atoms with Crippen molar-refractivity contribution in [2.45, 2.75) is 70.4 Å². The van der Waals surface area contributed by atoms with Gasteiger partial charge in [-0.15, -0.1) is 0 Å². The average molecular weight is 253 g/mol. The summed E-state index contributed by atoms with van der Waals surface area (Å²) in [5.41, 5.74) is 7.01. The van der Waals surface area contributed by atoms with Crippen molar-refractivity contribution in [1.82, 2.24) is 15.8 Å². The lowest BCUT2D eigenvalue weighted by molar-refractivity contribution is -0.129. The highest BCUT2D eigenvalue weighted by molar-refractivity contribution is 5.73. The number of amides is 1. The molecule has 0 spiro atoms. The molecular weight excluding hydrogens is 226 g/mol. The summed E-state index contributed by atoms with van der Waals surface area (Å²) >= 11 is 0. The quantitative estimate of drug-likeness (QED) is 0.595. The predicted octanol–water partition coefficient (Wildman–Crippen LogP) is 1.81. The second kappa shape index (κ2) is 7.10. The van der Waals surface area contributed by atoms with Crippen LogP contribution in [0.2, 0.25) is 0 Å². The van der Waals surface area contributed by atoms with Gasteiger partial charge in [-0.05, 0) is 25.7 Å². The maximum Gasteiger partial charge on any atom is 0.219 e. The summed E-state index contributed by atoms with van der Waals surface area (Å²) in [5.74, 6) is 0.213. The molecule has 0 aromatic carbocycles. The number of hydrazine groups is 1. The molecule has 0 aromatic rings. The standard InChI is InChI=1S/C14H27N3O/c1-12(18)17-10-8-14(9-11-17)16-15-13-6-4-2-3-5-7-13/h13-16H,2-11H2,1H3. The minimum absolute atomic E-state index is 0.213. The summed E-state index contributed by atoms with van der Waals surface area (Å²) in [6.07, 6.45) is 10.3. The van der Waals surface area contributed by atoms with Gasteiger partial charge in [-0.1, -0.05) is 25.7 Å². The summed E-state index contributed by atoms with van der Waals surface area (Å²) in [7, 11) is 0. The van der Waals surface area contributed by atoms with Crippen molar-refractivity contribution in [3.8, 4) is 0 Å². The number of hydrogen-bond acceptors (Lipinski definition) is 3. The highest BCUT2D eigenvalue weighted by atomic mass is 16.2. The van der Waals surface area contributed by atoms with Crippen molar-refractivity contribution in [2.75, 3.05) is 13.1 Å². The van der Waals surface area contributed by atoms with E-state index < -0.39 is 0 Å². The molecule has 1 aliphatic carbocycles. The second-order valence-electron chi connectivity index (χ2n) is 5.76. The molecule has 2 N–H and O–H groups in total. The van der Waals surface area contributed by atoms with Crippen LogP contribution in [-0.2, 0) is 4.79 Å². The van der Waals surface area contributed by atoms with Crippen molar-refractivity contribution in [3.05, 3.63) is 0 Å². The highest BCUT2D eigenvalue weighted by Crippen LogP contribution is 2.17. The Labute approximate surface area is 110 Å². The molecule has 0 unspecified atom stereocenters. The first kappa shape index (κ1) is 13.8. The Kier molecular flexibility index (Phi) is 5.45. The van der Waals surface area contributed by atoms with Crippen molar-refractivity contribution < 1.29 is 4.79 Å². The molecular formula is C14H27N3O. The molecule has 2 aliphatic rings. The minimum Gasteiger partial charge on any atom is -0.343 e. The lowest BCUT2D eigenvalue weighted by Crippen LogP contribution is -2.51. The van der Waals surface area contributed by atoms with Crippen LogP contribution in [0.3, 0.4) is 0 Å². The van der Waals surface area contributed by atoms with Gasteiger partial charge in [-0.3, -0.25) is 15.6 Å². The van der Waals surface area contributed by atoms with E-state index in [4.69, 9.17) is 0 Å². The number of hydrogen-bond donors (Lipinski definition) is 2. The van der Waals surface area contributed by atoms with E-state index in [1.165, 1.54) is 38.5 Å². The van der Waals surface area contributed by atoms with Crippen LogP contribution in [0.25, 0.3) is 0 Å². The van der Waals surface area contributed by atoms with Gasteiger partial charge in [0.1, 0.15) is 0 Å². The smallest absolute Gasteiger partial charge is 0.219 e. The van der Waals surface area contributed by atoms with E-state index in [-0.39, 0.29) is 5.91 Å². The van der Waals surface area contributed by atoms with Crippen LogP contribution in [0.5, 0.6) is 0 Å². The zero-order chi connectivity index (χ0) is 12.8. The van der Waals surface area contributed by atoms with E-state index >= 15 is 0 Å². The molecule has 4 heteroatoms. The van der Waals surface area contributed by atoms with E-state index in [1.807, 2.05) is 4.90 Å².